The number of hydrogen-bond donors (Lipinski definition) is 2. The quantitative estimate of drug-likeness (QED) is 0.890. The fourth-order valence-electron chi connectivity index (χ4n) is 1.64. The zero-order valence-electron chi connectivity index (χ0n) is 11.5. The van der Waals surface area contributed by atoms with Gasteiger partial charge in [0, 0.05) is 22.7 Å². The molecule has 0 saturated carbocycles. The number of benzene rings is 1. The van der Waals surface area contributed by atoms with Crippen LogP contribution in [0.25, 0.3) is 11.3 Å². The molecule has 7 heteroatoms. The van der Waals surface area contributed by atoms with Gasteiger partial charge in [-0.1, -0.05) is 12.1 Å². The van der Waals surface area contributed by atoms with E-state index in [0.29, 0.717) is 11.7 Å². The minimum atomic E-state index is -3.24. The lowest BCUT2D eigenvalue weighted by molar-refractivity contribution is 0.607. The zero-order chi connectivity index (χ0) is 14.8. The smallest absolute Gasteiger partial charge is 0.229 e. The number of anilines is 2. The fraction of sp³-hybridized carbons (Fsp3) is 0.308. The van der Waals surface area contributed by atoms with E-state index in [-0.39, 0.29) is 0 Å². The van der Waals surface area contributed by atoms with Gasteiger partial charge < -0.3 is 5.32 Å². The van der Waals surface area contributed by atoms with Crippen molar-refractivity contribution in [3.63, 3.8) is 0 Å². The average molecular weight is 311 g/mol. The molecule has 0 radical (unpaired) electrons. The molecule has 20 heavy (non-hydrogen) atoms. The molecule has 0 aliphatic carbocycles. The Morgan fingerprint density at radius 1 is 1.20 bits per heavy atom. The van der Waals surface area contributed by atoms with E-state index in [1.54, 1.807) is 23.5 Å². The summed E-state index contributed by atoms with van der Waals surface area (Å²) < 4.78 is 24.7. The van der Waals surface area contributed by atoms with E-state index in [4.69, 9.17) is 0 Å². The van der Waals surface area contributed by atoms with Crippen LogP contribution in [0.1, 0.15) is 13.8 Å². The van der Waals surface area contributed by atoms with E-state index in [9.17, 15) is 8.42 Å². The second kappa shape index (κ2) is 5.80. The van der Waals surface area contributed by atoms with Crippen LogP contribution in [0.4, 0.5) is 10.8 Å². The van der Waals surface area contributed by atoms with E-state index in [2.05, 4.69) is 28.9 Å². The van der Waals surface area contributed by atoms with Gasteiger partial charge in [-0.2, -0.15) is 0 Å². The second-order valence-corrected chi connectivity index (χ2v) is 7.40. The predicted octanol–water partition coefficient (Wildman–Crippen LogP) is 3.00. The first-order valence-corrected chi connectivity index (χ1v) is 8.91. The lowest BCUT2D eigenvalue weighted by Crippen LogP contribution is -2.09. The van der Waals surface area contributed by atoms with Crippen molar-refractivity contribution in [1.82, 2.24) is 4.98 Å². The zero-order valence-corrected chi connectivity index (χ0v) is 13.2. The molecule has 0 bridgehead atoms. The summed E-state index contributed by atoms with van der Waals surface area (Å²) in [5.41, 5.74) is 2.38. The third kappa shape index (κ3) is 4.21. The number of aromatic nitrogens is 1. The summed E-state index contributed by atoms with van der Waals surface area (Å²) in [6, 6.07) is 7.50. The molecule has 0 aliphatic heterocycles. The van der Waals surface area contributed by atoms with Crippen LogP contribution in [0.5, 0.6) is 0 Å². The highest BCUT2D eigenvalue weighted by atomic mass is 32.2. The molecule has 108 valence electrons. The molecule has 2 aromatic rings. The molecule has 0 spiro atoms. The van der Waals surface area contributed by atoms with Crippen molar-refractivity contribution >= 4 is 32.2 Å². The minimum Gasteiger partial charge on any atom is -0.359 e. The molecule has 0 atom stereocenters. The topological polar surface area (TPSA) is 71.1 Å². The van der Waals surface area contributed by atoms with Crippen LogP contribution in [0.2, 0.25) is 0 Å². The molecule has 2 N–H and O–H groups in total. The molecule has 1 aromatic carbocycles. The van der Waals surface area contributed by atoms with Gasteiger partial charge in [-0.05, 0) is 26.0 Å². The first-order valence-electron chi connectivity index (χ1n) is 6.14. The van der Waals surface area contributed by atoms with Gasteiger partial charge in [0.1, 0.15) is 0 Å². The largest absolute Gasteiger partial charge is 0.359 e. The van der Waals surface area contributed by atoms with Crippen molar-refractivity contribution in [2.24, 2.45) is 0 Å². The highest BCUT2D eigenvalue weighted by molar-refractivity contribution is 7.92. The number of rotatable bonds is 5. The van der Waals surface area contributed by atoms with Crippen molar-refractivity contribution in [2.45, 2.75) is 19.9 Å². The molecule has 1 aromatic heterocycles. The molecular formula is C13H17N3O2S2. The summed E-state index contributed by atoms with van der Waals surface area (Å²) in [6.45, 7) is 4.12. The van der Waals surface area contributed by atoms with Crippen LogP contribution in [0.3, 0.4) is 0 Å². The van der Waals surface area contributed by atoms with Crippen molar-refractivity contribution in [2.75, 3.05) is 16.3 Å². The Morgan fingerprint density at radius 3 is 2.40 bits per heavy atom. The molecule has 0 unspecified atom stereocenters. The van der Waals surface area contributed by atoms with E-state index in [1.807, 2.05) is 17.5 Å². The standard InChI is InChI=1S/C13H17N3O2S2/c1-9(2)14-13-15-12(8-19-13)10-4-6-11(7-5-10)16-20(3,17)18/h4-9,16H,1-3H3,(H,14,15). The van der Waals surface area contributed by atoms with Gasteiger partial charge in [-0.25, -0.2) is 13.4 Å². The SMILES string of the molecule is CC(C)Nc1nc(-c2ccc(NS(C)(=O)=O)cc2)cs1. The summed E-state index contributed by atoms with van der Waals surface area (Å²) in [7, 11) is -3.24. The molecule has 0 aliphatic rings. The molecule has 1 heterocycles. The van der Waals surface area contributed by atoms with E-state index < -0.39 is 10.0 Å². The van der Waals surface area contributed by atoms with Gasteiger partial charge in [0.2, 0.25) is 10.0 Å². The minimum absolute atomic E-state index is 0.343. The molecular weight excluding hydrogens is 294 g/mol. The number of hydrogen-bond acceptors (Lipinski definition) is 5. The molecule has 2 rings (SSSR count). The van der Waals surface area contributed by atoms with Gasteiger partial charge in [0.15, 0.2) is 5.13 Å². The maximum absolute atomic E-state index is 11.1. The first kappa shape index (κ1) is 14.8. The summed E-state index contributed by atoms with van der Waals surface area (Å²) in [5.74, 6) is 0. The van der Waals surface area contributed by atoms with Crippen LogP contribution in [-0.4, -0.2) is 25.7 Å². The Bertz CT molecular complexity index is 676. The van der Waals surface area contributed by atoms with Gasteiger partial charge in [-0.3, -0.25) is 4.72 Å². The van der Waals surface area contributed by atoms with Crippen LogP contribution < -0.4 is 10.0 Å². The van der Waals surface area contributed by atoms with Crippen molar-refractivity contribution in [1.29, 1.82) is 0 Å². The van der Waals surface area contributed by atoms with Crippen LogP contribution >= 0.6 is 11.3 Å². The average Bonchev–Trinajstić information content (AvgIpc) is 2.75. The highest BCUT2D eigenvalue weighted by Gasteiger charge is 2.06. The van der Waals surface area contributed by atoms with Crippen molar-refractivity contribution < 1.29 is 8.42 Å². The number of nitrogens with zero attached hydrogens (tertiary/aromatic N) is 1. The summed E-state index contributed by atoms with van der Waals surface area (Å²) in [5, 5.41) is 6.11. The maximum atomic E-state index is 11.1. The summed E-state index contributed by atoms with van der Waals surface area (Å²) >= 11 is 1.55. The number of nitrogens with one attached hydrogen (secondary N) is 2. The van der Waals surface area contributed by atoms with Gasteiger partial charge in [0.25, 0.3) is 0 Å². The Kier molecular flexibility index (Phi) is 4.29. The van der Waals surface area contributed by atoms with Crippen molar-refractivity contribution in [3.05, 3.63) is 29.6 Å². The summed E-state index contributed by atoms with van der Waals surface area (Å²) in [6.07, 6.45) is 1.13. The molecule has 5 nitrogen and oxygen atoms in total. The Hall–Kier alpha value is -1.60. The van der Waals surface area contributed by atoms with Gasteiger partial charge in [-0.15, -0.1) is 11.3 Å². The Labute approximate surface area is 123 Å². The number of sulfonamides is 1. The van der Waals surface area contributed by atoms with Crippen LogP contribution in [0, 0.1) is 0 Å². The lowest BCUT2D eigenvalue weighted by atomic mass is 10.1. The lowest BCUT2D eigenvalue weighted by Gasteiger charge is -2.05. The van der Waals surface area contributed by atoms with Gasteiger partial charge >= 0.3 is 0 Å². The molecule has 0 amide bonds. The molecule has 0 saturated heterocycles. The molecule has 0 fully saturated rings. The number of thiazole rings is 1. The van der Waals surface area contributed by atoms with Crippen LogP contribution in [-0.2, 0) is 10.0 Å². The fourth-order valence-corrected chi connectivity index (χ4v) is 3.07. The second-order valence-electron chi connectivity index (χ2n) is 4.79. The van der Waals surface area contributed by atoms with Gasteiger partial charge in [0.05, 0.1) is 11.9 Å². The van der Waals surface area contributed by atoms with E-state index in [1.165, 1.54) is 0 Å². The van der Waals surface area contributed by atoms with Crippen molar-refractivity contribution in [3.8, 4) is 11.3 Å². The first-order chi connectivity index (χ1) is 9.33. The summed E-state index contributed by atoms with van der Waals surface area (Å²) in [4.78, 5) is 4.49. The predicted molar refractivity (Wildman–Crippen MR) is 84.8 cm³/mol. The normalized spacial score (nSPS) is 11.6. The Balaban J connectivity index is 2.15. The monoisotopic (exact) mass is 311 g/mol. The van der Waals surface area contributed by atoms with Crippen LogP contribution in [0.15, 0.2) is 29.6 Å². The Morgan fingerprint density at radius 2 is 1.85 bits per heavy atom. The van der Waals surface area contributed by atoms with E-state index >= 15 is 0 Å². The third-order valence-corrected chi connectivity index (χ3v) is 3.78. The highest BCUT2D eigenvalue weighted by Crippen LogP contribution is 2.26. The maximum Gasteiger partial charge on any atom is 0.229 e. The van der Waals surface area contributed by atoms with E-state index in [0.717, 1.165) is 22.6 Å². The third-order valence-electron chi connectivity index (χ3n) is 2.40.